The molecule has 0 spiro atoms. The smallest absolute Gasteiger partial charge is 0.175 e. The minimum Gasteiger partial charge on any atom is -0.319 e. The van der Waals surface area contributed by atoms with Gasteiger partial charge in [0.25, 0.3) is 0 Å². The van der Waals surface area contributed by atoms with Gasteiger partial charge in [0.05, 0.1) is 5.54 Å². The molecule has 2 N–H and O–H groups in total. The van der Waals surface area contributed by atoms with E-state index in [9.17, 15) is 4.79 Å². The van der Waals surface area contributed by atoms with Crippen molar-refractivity contribution in [1.82, 2.24) is 0 Å². The number of carbonyl (C=O) groups excluding carboxylic acids is 1. The Hall–Kier alpha value is -0.630. The lowest BCUT2D eigenvalue weighted by atomic mass is 9.88. The average Bonchev–Trinajstić information content (AvgIpc) is 2.02. The SMILES string of the molecule is CCC(N)(CC)C(=O)C=C(C)C. The molecule has 2 heteroatoms. The third-order valence-electron chi connectivity index (χ3n) is 2.17. The quantitative estimate of drug-likeness (QED) is 0.654. The lowest BCUT2D eigenvalue weighted by Gasteiger charge is -2.23. The molecule has 0 aromatic heterocycles. The number of allylic oxidation sites excluding steroid dienone is 1. The Kier molecular flexibility index (Phi) is 4.18. The fraction of sp³-hybridized carbons (Fsp3) is 0.700. The van der Waals surface area contributed by atoms with E-state index in [1.165, 1.54) is 0 Å². The molecule has 0 fully saturated rings. The molecule has 0 radical (unpaired) electrons. The molecular formula is C10H19NO. The highest BCUT2D eigenvalue weighted by Crippen LogP contribution is 2.13. The zero-order chi connectivity index (χ0) is 9.78. The summed E-state index contributed by atoms with van der Waals surface area (Å²) in [6.07, 6.45) is 3.03. The molecule has 0 unspecified atom stereocenters. The lowest BCUT2D eigenvalue weighted by molar-refractivity contribution is -0.119. The van der Waals surface area contributed by atoms with Gasteiger partial charge in [0, 0.05) is 0 Å². The van der Waals surface area contributed by atoms with Crippen molar-refractivity contribution in [2.45, 2.75) is 46.1 Å². The number of hydrogen-bond donors (Lipinski definition) is 1. The Morgan fingerprint density at radius 1 is 1.33 bits per heavy atom. The topological polar surface area (TPSA) is 43.1 Å². The van der Waals surface area contributed by atoms with Crippen molar-refractivity contribution in [3.8, 4) is 0 Å². The second-order valence-electron chi connectivity index (χ2n) is 3.45. The molecule has 0 rings (SSSR count). The summed E-state index contributed by atoms with van der Waals surface area (Å²) in [4.78, 5) is 11.5. The predicted molar refractivity (Wildman–Crippen MR) is 51.9 cm³/mol. The predicted octanol–water partition coefficient (Wildman–Crippen LogP) is 2.04. The number of carbonyl (C=O) groups is 1. The van der Waals surface area contributed by atoms with Gasteiger partial charge in [0.1, 0.15) is 0 Å². The highest BCUT2D eigenvalue weighted by atomic mass is 16.1. The summed E-state index contributed by atoms with van der Waals surface area (Å²) in [7, 11) is 0. The average molecular weight is 169 g/mol. The van der Waals surface area contributed by atoms with Gasteiger partial charge in [-0.15, -0.1) is 0 Å². The van der Waals surface area contributed by atoms with E-state index in [0.717, 1.165) is 5.57 Å². The van der Waals surface area contributed by atoms with E-state index < -0.39 is 5.54 Å². The highest BCUT2D eigenvalue weighted by Gasteiger charge is 2.27. The van der Waals surface area contributed by atoms with Crippen LogP contribution in [-0.2, 0) is 4.79 Å². The second kappa shape index (κ2) is 4.41. The van der Waals surface area contributed by atoms with E-state index in [1.54, 1.807) is 6.08 Å². The summed E-state index contributed by atoms with van der Waals surface area (Å²) in [5.74, 6) is 0.0486. The normalized spacial score (nSPS) is 11.1. The monoisotopic (exact) mass is 169 g/mol. The molecule has 0 aromatic rings. The van der Waals surface area contributed by atoms with Gasteiger partial charge in [-0.1, -0.05) is 19.4 Å². The van der Waals surface area contributed by atoms with Crippen molar-refractivity contribution in [3.05, 3.63) is 11.6 Å². The number of nitrogens with two attached hydrogens (primary N) is 1. The maximum absolute atomic E-state index is 11.5. The molecule has 0 bridgehead atoms. The standard InChI is InChI=1S/C10H19NO/c1-5-10(11,6-2)9(12)7-8(3)4/h7H,5-6,11H2,1-4H3. The number of ketones is 1. The van der Waals surface area contributed by atoms with Gasteiger partial charge in [-0.2, -0.15) is 0 Å². The van der Waals surface area contributed by atoms with Gasteiger partial charge in [-0.3, -0.25) is 4.79 Å². The molecule has 0 aliphatic rings. The molecule has 0 aromatic carbocycles. The fourth-order valence-electron chi connectivity index (χ4n) is 1.00. The number of hydrogen-bond acceptors (Lipinski definition) is 2. The van der Waals surface area contributed by atoms with Crippen LogP contribution >= 0.6 is 0 Å². The van der Waals surface area contributed by atoms with Crippen molar-refractivity contribution in [1.29, 1.82) is 0 Å². The first-order chi connectivity index (χ1) is 5.46. The maximum Gasteiger partial charge on any atom is 0.175 e. The van der Waals surface area contributed by atoms with Crippen LogP contribution in [0.4, 0.5) is 0 Å². The molecule has 0 saturated heterocycles. The van der Waals surface area contributed by atoms with Crippen LogP contribution in [0.15, 0.2) is 11.6 Å². The van der Waals surface area contributed by atoms with Crippen molar-refractivity contribution >= 4 is 5.78 Å². The maximum atomic E-state index is 11.5. The van der Waals surface area contributed by atoms with Crippen LogP contribution in [0.2, 0.25) is 0 Å². The Morgan fingerprint density at radius 3 is 2.00 bits per heavy atom. The van der Waals surface area contributed by atoms with Gasteiger partial charge < -0.3 is 5.73 Å². The molecule has 0 atom stereocenters. The molecule has 2 nitrogen and oxygen atoms in total. The van der Waals surface area contributed by atoms with E-state index >= 15 is 0 Å². The van der Waals surface area contributed by atoms with Gasteiger partial charge in [-0.25, -0.2) is 0 Å². The molecule has 0 aliphatic carbocycles. The molecule has 12 heavy (non-hydrogen) atoms. The molecule has 0 aliphatic heterocycles. The fourth-order valence-corrected chi connectivity index (χ4v) is 1.00. The molecule has 70 valence electrons. The van der Waals surface area contributed by atoms with E-state index in [1.807, 2.05) is 27.7 Å². The van der Waals surface area contributed by atoms with Gasteiger partial charge in [-0.05, 0) is 32.8 Å². The Balaban J connectivity index is 4.54. The van der Waals surface area contributed by atoms with Crippen molar-refractivity contribution in [2.24, 2.45) is 5.73 Å². The zero-order valence-corrected chi connectivity index (χ0v) is 8.48. The summed E-state index contributed by atoms with van der Waals surface area (Å²) in [5, 5.41) is 0. The van der Waals surface area contributed by atoms with Crippen LogP contribution in [0.3, 0.4) is 0 Å². The first-order valence-electron chi connectivity index (χ1n) is 4.44. The molecule has 0 saturated carbocycles. The van der Waals surface area contributed by atoms with Gasteiger partial charge >= 0.3 is 0 Å². The second-order valence-corrected chi connectivity index (χ2v) is 3.45. The van der Waals surface area contributed by atoms with Crippen LogP contribution in [0.1, 0.15) is 40.5 Å². The van der Waals surface area contributed by atoms with Crippen molar-refractivity contribution < 1.29 is 4.79 Å². The van der Waals surface area contributed by atoms with Crippen molar-refractivity contribution in [3.63, 3.8) is 0 Å². The van der Waals surface area contributed by atoms with E-state index in [-0.39, 0.29) is 5.78 Å². The highest BCUT2D eigenvalue weighted by molar-refractivity contribution is 5.98. The molecule has 0 heterocycles. The van der Waals surface area contributed by atoms with Gasteiger partial charge in [0.2, 0.25) is 0 Å². The first kappa shape index (κ1) is 11.4. The Bertz CT molecular complexity index is 186. The summed E-state index contributed by atoms with van der Waals surface area (Å²) in [5.41, 5.74) is 6.26. The first-order valence-corrected chi connectivity index (χ1v) is 4.44. The summed E-state index contributed by atoms with van der Waals surface area (Å²) in [6.45, 7) is 7.70. The largest absolute Gasteiger partial charge is 0.319 e. The summed E-state index contributed by atoms with van der Waals surface area (Å²) >= 11 is 0. The van der Waals surface area contributed by atoms with Crippen LogP contribution in [-0.4, -0.2) is 11.3 Å². The Labute approximate surface area is 74.8 Å². The zero-order valence-electron chi connectivity index (χ0n) is 8.48. The van der Waals surface area contributed by atoms with Crippen molar-refractivity contribution in [2.75, 3.05) is 0 Å². The van der Waals surface area contributed by atoms with Gasteiger partial charge in [0.15, 0.2) is 5.78 Å². The minimum absolute atomic E-state index is 0.0486. The van der Waals surface area contributed by atoms with E-state index in [0.29, 0.717) is 12.8 Å². The third kappa shape index (κ3) is 2.78. The third-order valence-corrected chi connectivity index (χ3v) is 2.17. The molecular weight excluding hydrogens is 150 g/mol. The van der Waals surface area contributed by atoms with E-state index in [2.05, 4.69) is 0 Å². The van der Waals surface area contributed by atoms with Crippen LogP contribution in [0.5, 0.6) is 0 Å². The Morgan fingerprint density at radius 2 is 1.75 bits per heavy atom. The summed E-state index contributed by atoms with van der Waals surface area (Å²) < 4.78 is 0. The van der Waals surface area contributed by atoms with Crippen LogP contribution in [0, 0.1) is 0 Å². The molecule has 0 amide bonds. The number of rotatable bonds is 4. The summed E-state index contributed by atoms with van der Waals surface area (Å²) in [6, 6.07) is 0. The van der Waals surface area contributed by atoms with Crippen LogP contribution < -0.4 is 5.73 Å². The minimum atomic E-state index is -0.642. The lowest BCUT2D eigenvalue weighted by Crippen LogP contribution is -2.45. The van der Waals surface area contributed by atoms with E-state index in [4.69, 9.17) is 5.73 Å². The van der Waals surface area contributed by atoms with Crippen LogP contribution in [0.25, 0.3) is 0 Å².